The largest absolute Gasteiger partial charge is 0.489 e. The number of hydrogen-bond donors (Lipinski definition) is 0. The Labute approximate surface area is 214 Å². The van der Waals surface area contributed by atoms with Crippen molar-refractivity contribution in [1.29, 1.82) is 0 Å². The van der Waals surface area contributed by atoms with Crippen LogP contribution in [0.2, 0.25) is 5.02 Å². The molecule has 0 N–H and O–H groups in total. The third-order valence-electron chi connectivity index (χ3n) is 5.44. The molecule has 0 unspecified atom stereocenters. The molecule has 3 aromatic carbocycles. The maximum atomic E-state index is 13.4. The SMILES string of the molecule is COC(=O)CN1C(=S)N(c2ccc(Cl)cc2)C(=O)/C1=C/c1ccc(OCc2ccc(C)cc2)cc1. The Hall–Kier alpha value is -3.68. The molecule has 1 saturated heterocycles. The minimum absolute atomic E-state index is 0.186. The molecule has 1 heterocycles. The Kier molecular flexibility index (Phi) is 7.48. The van der Waals surface area contributed by atoms with Crippen LogP contribution in [0.3, 0.4) is 0 Å². The van der Waals surface area contributed by atoms with Crippen LogP contribution in [0.25, 0.3) is 6.08 Å². The first-order valence-corrected chi connectivity index (χ1v) is 11.6. The third kappa shape index (κ3) is 5.70. The van der Waals surface area contributed by atoms with Crippen molar-refractivity contribution in [3.63, 3.8) is 0 Å². The number of esters is 1. The van der Waals surface area contributed by atoms with E-state index in [1.807, 2.05) is 55.5 Å². The highest BCUT2D eigenvalue weighted by Gasteiger charge is 2.40. The summed E-state index contributed by atoms with van der Waals surface area (Å²) < 4.78 is 10.7. The van der Waals surface area contributed by atoms with Gasteiger partial charge in [-0.1, -0.05) is 53.6 Å². The summed E-state index contributed by atoms with van der Waals surface area (Å²) in [5.41, 5.74) is 3.86. The Morgan fingerprint density at radius 1 is 1.00 bits per heavy atom. The predicted octanol–water partition coefficient (Wildman–Crippen LogP) is 5.38. The highest BCUT2D eigenvalue weighted by Crippen LogP contribution is 2.30. The van der Waals surface area contributed by atoms with Gasteiger partial charge in [-0.2, -0.15) is 0 Å². The first-order chi connectivity index (χ1) is 16.9. The normalized spacial score (nSPS) is 14.5. The fourth-order valence-electron chi connectivity index (χ4n) is 3.51. The van der Waals surface area contributed by atoms with Crippen LogP contribution in [0, 0.1) is 6.92 Å². The van der Waals surface area contributed by atoms with E-state index >= 15 is 0 Å². The summed E-state index contributed by atoms with van der Waals surface area (Å²) in [5, 5.41) is 0.727. The van der Waals surface area contributed by atoms with Crippen molar-refractivity contribution in [3.05, 3.63) is 100 Å². The van der Waals surface area contributed by atoms with E-state index < -0.39 is 5.97 Å². The second-order valence-corrected chi connectivity index (χ2v) is 8.74. The molecule has 1 amide bonds. The Morgan fingerprint density at radius 2 is 1.66 bits per heavy atom. The van der Waals surface area contributed by atoms with Crippen LogP contribution >= 0.6 is 23.8 Å². The fourth-order valence-corrected chi connectivity index (χ4v) is 3.99. The molecular formula is C27H23ClN2O4S. The van der Waals surface area contributed by atoms with Gasteiger partial charge in [-0.25, -0.2) is 0 Å². The lowest BCUT2D eigenvalue weighted by Crippen LogP contribution is -2.35. The summed E-state index contributed by atoms with van der Waals surface area (Å²) in [6.07, 6.45) is 1.69. The number of anilines is 1. The number of carbonyl (C=O) groups is 2. The lowest BCUT2D eigenvalue weighted by atomic mass is 10.1. The van der Waals surface area contributed by atoms with Crippen LogP contribution in [0.1, 0.15) is 16.7 Å². The third-order valence-corrected chi connectivity index (χ3v) is 6.10. The maximum absolute atomic E-state index is 13.4. The number of halogens is 1. The van der Waals surface area contributed by atoms with Gasteiger partial charge in [-0.05, 0) is 72.7 Å². The molecule has 0 radical (unpaired) electrons. The molecule has 1 aliphatic rings. The lowest BCUT2D eigenvalue weighted by molar-refractivity contribution is -0.140. The molecule has 0 spiro atoms. The Balaban J connectivity index is 1.56. The number of methoxy groups -OCH3 is 1. The number of hydrogen-bond acceptors (Lipinski definition) is 5. The highest BCUT2D eigenvalue weighted by molar-refractivity contribution is 7.80. The molecule has 8 heteroatoms. The van der Waals surface area contributed by atoms with Gasteiger partial charge in [0.1, 0.15) is 24.6 Å². The Bertz CT molecular complexity index is 1270. The van der Waals surface area contributed by atoms with Crippen molar-refractivity contribution in [2.45, 2.75) is 13.5 Å². The van der Waals surface area contributed by atoms with Gasteiger partial charge < -0.3 is 14.4 Å². The quantitative estimate of drug-likeness (QED) is 0.244. The number of thiocarbonyl (C=S) groups is 1. The minimum Gasteiger partial charge on any atom is -0.489 e. The summed E-state index contributed by atoms with van der Waals surface area (Å²) in [4.78, 5) is 28.2. The van der Waals surface area contributed by atoms with Gasteiger partial charge in [0, 0.05) is 5.02 Å². The van der Waals surface area contributed by atoms with Crippen LogP contribution in [0.4, 0.5) is 5.69 Å². The molecule has 0 atom stereocenters. The molecule has 1 fully saturated rings. The van der Waals surface area contributed by atoms with E-state index in [1.54, 1.807) is 30.3 Å². The number of ether oxygens (including phenoxy) is 2. The molecular weight excluding hydrogens is 484 g/mol. The lowest BCUT2D eigenvalue weighted by Gasteiger charge is -2.19. The van der Waals surface area contributed by atoms with Crippen molar-refractivity contribution in [2.24, 2.45) is 0 Å². The zero-order valence-electron chi connectivity index (χ0n) is 19.2. The van der Waals surface area contributed by atoms with E-state index in [0.29, 0.717) is 23.1 Å². The van der Waals surface area contributed by atoms with Crippen LogP contribution in [0.15, 0.2) is 78.5 Å². The van der Waals surface area contributed by atoms with Gasteiger partial charge in [0.2, 0.25) is 0 Å². The molecule has 178 valence electrons. The summed E-state index contributed by atoms with van der Waals surface area (Å²) in [7, 11) is 1.29. The fraction of sp³-hybridized carbons (Fsp3) is 0.148. The summed E-state index contributed by atoms with van der Waals surface area (Å²) in [5.74, 6) is -0.153. The van der Waals surface area contributed by atoms with Crippen LogP contribution < -0.4 is 9.64 Å². The average Bonchev–Trinajstić information content (AvgIpc) is 3.09. The summed E-state index contributed by atoms with van der Waals surface area (Å²) >= 11 is 11.5. The molecule has 0 bridgehead atoms. The number of carbonyl (C=O) groups excluding carboxylic acids is 2. The monoisotopic (exact) mass is 506 g/mol. The van der Waals surface area contributed by atoms with Crippen molar-refractivity contribution >= 4 is 52.6 Å². The molecule has 0 saturated carbocycles. The van der Waals surface area contributed by atoms with E-state index in [2.05, 4.69) is 0 Å². The van der Waals surface area contributed by atoms with Crippen LogP contribution in [0.5, 0.6) is 5.75 Å². The first-order valence-electron chi connectivity index (χ1n) is 10.8. The van der Waals surface area contributed by atoms with Crippen molar-refractivity contribution in [2.75, 3.05) is 18.6 Å². The van der Waals surface area contributed by atoms with Gasteiger partial charge in [-0.3, -0.25) is 14.5 Å². The standard InChI is InChI=1S/C27H23ClN2O4S/c1-18-3-5-20(6-4-18)17-34-23-13-7-19(8-14-23)15-24-26(32)30(22-11-9-21(28)10-12-22)27(35)29(24)16-25(31)33-2/h3-15H,16-17H2,1-2H3/b24-15-. The zero-order valence-corrected chi connectivity index (χ0v) is 20.8. The molecule has 35 heavy (non-hydrogen) atoms. The Morgan fingerprint density at radius 3 is 2.29 bits per heavy atom. The van der Waals surface area contributed by atoms with E-state index in [0.717, 1.165) is 11.1 Å². The first kappa shape index (κ1) is 24.4. The van der Waals surface area contributed by atoms with Gasteiger partial charge in [0.05, 0.1) is 12.8 Å². The average molecular weight is 507 g/mol. The molecule has 3 aromatic rings. The van der Waals surface area contributed by atoms with E-state index in [-0.39, 0.29) is 23.3 Å². The van der Waals surface area contributed by atoms with E-state index in [4.69, 9.17) is 33.3 Å². The number of aryl methyl sites for hydroxylation is 1. The topological polar surface area (TPSA) is 59.1 Å². The van der Waals surface area contributed by atoms with Crippen molar-refractivity contribution in [1.82, 2.24) is 4.90 Å². The highest BCUT2D eigenvalue weighted by atomic mass is 35.5. The van der Waals surface area contributed by atoms with Crippen molar-refractivity contribution < 1.29 is 19.1 Å². The van der Waals surface area contributed by atoms with Gasteiger partial charge in [-0.15, -0.1) is 0 Å². The summed E-state index contributed by atoms with van der Waals surface area (Å²) in [6.45, 7) is 2.31. The molecule has 0 aliphatic carbocycles. The van der Waals surface area contributed by atoms with Crippen LogP contribution in [-0.4, -0.2) is 35.5 Å². The predicted molar refractivity (Wildman–Crippen MR) is 140 cm³/mol. The zero-order chi connectivity index (χ0) is 24.9. The minimum atomic E-state index is -0.510. The maximum Gasteiger partial charge on any atom is 0.325 e. The molecule has 0 aromatic heterocycles. The number of rotatable bonds is 7. The van der Waals surface area contributed by atoms with E-state index in [9.17, 15) is 9.59 Å². The molecule has 1 aliphatic heterocycles. The molecule has 6 nitrogen and oxygen atoms in total. The second kappa shape index (κ2) is 10.7. The number of nitrogens with zero attached hydrogens (tertiary/aromatic N) is 2. The van der Waals surface area contributed by atoms with E-state index in [1.165, 1.54) is 22.5 Å². The number of amides is 1. The van der Waals surface area contributed by atoms with Gasteiger partial charge in [0.25, 0.3) is 5.91 Å². The van der Waals surface area contributed by atoms with Crippen molar-refractivity contribution in [3.8, 4) is 5.75 Å². The number of benzene rings is 3. The van der Waals surface area contributed by atoms with Gasteiger partial charge >= 0.3 is 5.97 Å². The summed E-state index contributed by atoms with van der Waals surface area (Å²) in [6, 6.07) is 22.3. The van der Waals surface area contributed by atoms with Crippen LogP contribution in [-0.2, 0) is 20.9 Å². The smallest absolute Gasteiger partial charge is 0.325 e. The second-order valence-electron chi connectivity index (χ2n) is 7.93. The van der Waals surface area contributed by atoms with Gasteiger partial charge in [0.15, 0.2) is 5.11 Å². The molecule has 4 rings (SSSR count).